The van der Waals surface area contributed by atoms with E-state index in [4.69, 9.17) is 9.47 Å². The molecule has 2 heterocycles. The first kappa shape index (κ1) is 19.1. The lowest BCUT2D eigenvalue weighted by molar-refractivity contribution is -0.142. The lowest BCUT2D eigenvalue weighted by atomic mass is 10.1. The lowest BCUT2D eigenvalue weighted by Crippen LogP contribution is -2.53. The number of carbonyl (C=O) groups excluding carboxylic acids is 2. The van der Waals surface area contributed by atoms with E-state index < -0.39 is 6.10 Å². The summed E-state index contributed by atoms with van der Waals surface area (Å²) in [5.74, 6) is -0.343. The number of anilines is 1. The summed E-state index contributed by atoms with van der Waals surface area (Å²) in [5.41, 5.74) is 1.19. The highest BCUT2D eigenvalue weighted by Crippen LogP contribution is 2.33. The van der Waals surface area contributed by atoms with Crippen LogP contribution in [0, 0.1) is 5.82 Å². The molecule has 1 fully saturated rings. The molecule has 0 saturated carbocycles. The highest BCUT2D eigenvalue weighted by molar-refractivity contribution is 6.05. The van der Waals surface area contributed by atoms with Crippen LogP contribution in [-0.2, 0) is 14.3 Å². The average Bonchev–Trinajstić information content (AvgIpc) is 2.77. The molecule has 2 aliphatic rings. The van der Waals surface area contributed by atoms with E-state index in [1.54, 1.807) is 41.3 Å². The molecule has 2 aliphatic heterocycles. The number of halogens is 1. The molecule has 0 unspecified atom stereocenters. The van der Waals surface area contributed by atoms with Crippen LogP contribution in [-0.4, -0.2) is 55.7 Å². The molecule has 2 aromatic carbocycles. The second kappa shape index (κ2) is 8.45. The highest BCUT2D eigenvalue weighted by Gasteiger charge is 2.35. The Morgan fingerprint density at radius 2 is 1.86 bits per heavy atom. The smallest absolute Gasteiger partial charge is 0.265 e. The summed E-state index contributed by atoms with van der Waals surface area (Å²) >= 11 is 0. The molecule has 7 heteroatoms. The van der Waals surface area contributed by atoms with Gasteiger partial charge in [-0.2, -0.15) is 0 Å². The van der Waals surface area contributed by atoms with Crippen molar-refractivity contribution in [3.05, 3.63) is 66.0 Å². The third kappa shape index (κ3) is 4.30. The molecule has 0 N–H and O–H groups in total. The number of carbonyl (C=O) groups is 2. The van der Waals surface area contributed by atoms with Crippen LogP contribution in [0.1, 0.15) is 5.56 Å². The van der Waals surface area contributed by atoms with E-state index in [2.05, 4.69) is 0 Å². The largest absolute Gasteiger partial charge is 0.476 e. The molecule has 0 bridgehead atoms. The normalized spacial score (nSPS) is 19.0. The van der Waals surface area contributed by atoms with Crippen molar-refractivity contribution in [3.8, 4) is 5.75 Å². The van der Waals surface area contributed by atoms with E-state index in [0.717, 1.165) is 0 Å². The van der Waals surface area contributed by atoms with Gasteiger partial charge in [0.25, 0.3) is 11.8 Å². The van der Waals surface area contributed by atoms with Crippen LogP contribution < -0.4 is 9.64 Å². The summed E-state index contributed by atoms with van der Waals surface area (Å²) in [4.78, 5) is 29.0. The maximum absolute atomic E-state index is 13.4. The Bertz CT molecular complexity index is 940. The van der Waals surface area contributed by atoms with E-state index in [-0.39, 0.29) is 24.2 Å². The van der Waals surface area contributed by atoms with E-state index in [0.29, 0.717) is 43.3 Å². The number of para-hydroxylation sites is 2. The summed E-state index contributed by atoms with van der Waals surface area (Å²) < 4.78 is 24.6. The predicted molar refractivity (Wildman–Crippen MR) is 106 cm³/mol. The van der Waals surface area contributed by atoms with Crippen molar-refractivity contribution < 1.29 is 23.5 Å². The number of nitrogens with zero attached hydrogens (tertiary/aromatic N) is 2. The molecule has 150 valence electrons. The van der Waals surface area contributed by atoms with Gasteiger partial charge in [-0.15, -0.1) is 0 Å². The molecular weight excluding hydrogens is 375 g/mol. The fourth-order valence-electron chi connectivity index (χ4n) is 3.43. The van der Waals surface area contributed by atoms with Crippen molar-refractivity contribution in [2.45, 2.75) is 6.10 Å². The Kier molecular flexibility index (Phi) is 5.57. The minimum Gasteiger partial charge on any atom is -0.476 e. The van der Waals surface area contributed by atoms with Gasteiger partial charge in [0.1, 0.15) is 11.6 Å². The number of ether oxygens (including phenoxy) is 2. The Labute approximate surface area is 168 Å². The van der Waals surface area contributed by atoms with E-state index in [1.807, 2.05) is 6.07 Å². The maximum Gasteiger partial charge on any atom is 0.265 e. The zero-order chi connectivity index (χ0) is 20.2. The summed E-state index contributed by atoms with van der Waals surface area (Å²) in [5, 5.41) is 0. The van der Waals surface area contributed by atoms with Crippen LogP contribution in [0.3, 0.4) is 0 Å². The molecule has 0 radical (unpaired) electrons. The zero-order valence-corrected chi connectivity index (χ0v) is 15.8. The van der Waals surface area contributed by atoms with Gasteiger partial charge < -0.3 is 19.3 Å². The van der Waals surface area contributed by atoms with Crippen LogP contribution in [0.5, 0.6) is 5.75 Å². The Morgan fingerprint density at radius 1 is 1.07 bits per heavy atom. The molecule has 29 heavy (non-hydrogen) atoms. The maximum atomic E-state index is 13.4. The lowest BCUT2D eigenvalue weighted by Gasteiger charge is -2.37. The Balaban J connectivity index is 1.56. The van der Waals surface area contributed by atoms with Gasteiger partial charge in [0, 0.05) is 19.2 Å². The number of rotatable bonds is 3. The number of morpholine rings is 1. The first-order valence-corrected chi connectivity index (χ1v) is 9.49. The summed E-state index contributed by atoms with van der Waals surface area (Å²) in [6.45, 7) is 2.11. The second-order valence-corrected chi connectivity index (χ2v) is 6.85. The minimum atomic E-state index is -0.783. The molecule has 1 saturated heterocycles. The van der Waals surface area contributed by atoms with Crippen molar-refractivity contribution in [1.29, 1.82) is 0 Å². The summed E-state index contributed by atoms with van der Waals surface area (Å²) in [6, 6.07) is 13.1. The van der Waals surface area contributed by atoms with Gasteiger partial charge in [0.05, 0.1) is 25.4 Å². The molecule has 1 atom stereocenters. The SMILES string of the molecule is O=C([C@H]1CN(C(=O)/C=C/c2cccc(F)c2)c2ccccc2O1)N1CCOCC1. The molecule has 0 aliphatic carbocycles. The van der Waals surface area contributed by atoms with Gasteiger partial charge in [-0.05, 0) is 35.9 Å². The number of hydrogen-bond acceptors (Lipinski definition) is 4. The summed E-state index contributed by atoms with van der Waals surface area (Å²) in [6.07, 6.45) is 2.16. The van der Waals surface area contributed by atoms with Crippen molar-refractivity contribution in [2.75, 3.05) is 37.7 Å². The molecule has 2 aromatic rings. The molecule has 0 spiro atoms. The highest BCUT2D eigenvalue weighted by atomic mass is 19.1. The van der Waals surface area contributed by atoms with E-state index in [1.165, 1.54) is 23.1 Å². The van der Waals surface area contributed by atoms with Crippen molar-refractivity contribution in [1.82, 2.24) is 4.90 Å². The van der Waals surface area contributed by atoms with Gasteiger partial charge in [-0.1, -0.05) is 24.3 Å². The average molecular weight is 396 g/mol. The van der Waals surface area contributed by atoms with E-state index in [9.17, 15) is 14.0 Å². The van der Waals surface area contributed by atoms with Crippen LogP contribution in [0.25, 0.3) is 6.08 Å². The fraction of sp³-hybridized carbons (Fsp3) is 0.273. The standard InChI is InChI=1S/C22H21FN2O4/c23-17-5-3-4-16(14-17)8-9-21(26)25-15-20(22(27)24-10-12-28-13-11-24)29-19-7-2-1-6-18(19)25/h1-9,14,20H,10-13,15H2/b9-8+/t20-/m1/s1. The molecular formula is C22H21FN2O4. The third-order valence-electron chi connectivity index (χ3n) is 4.90. The van der Waals surface area contributed by atoms with Gasteiger partial charge >= 0.3 is 0 Å². The van der Waals surface area contributed by atoms with Gasteiger partial charge in [0.2, 0.25) is 0 Å². The van der Waals surface area contributed by atoms with Gasteiger partial charge in [-0.25, -0.2) is 4.39 Å². The quantitative estimate of drug-likeness (QED) is 0.748. The van der Waals surface area contributed by atoms with Crippen LogP contribution in [0.4, 0.5) is 10.1 Å². The van der Waals surface area contributed by atoms with Crippen LogP contribution in [0.2, 0.25) is 0 Å². The van der Waals surface area contributed by atoms with Crippen molar-refractivity contribution in [2.24, 2.45) is 0 Å². The molecule has 2 amide bonds. The van der Waals surface area contributed by atoms with Crippen LogP contribution >= 0.6 is 0 Å². The van der Waals surface area contributed by atoms with Crippen molar-refractivity contribution in [3.63, 3.8) is 0 Å². The Hall–Kier alpha value is -3.19. The van der Waals surface area contributed by atoms with Crippen LogP contribution in [0.15, 0.2) is 54.6 Å². The fourth-order valence-corrected chi connectivity index (χ4v) is 3.43. The third-order valence-corrected chi connectivity index (χ3v) is 4.90. The topological polar surface area (TPSA) is 59.1 Å². The minimum absolute atomic E-state index is 0.111. The number of amides is 2. The second-order valence-electron chi connectivity index (χ2n) is 6.85. The molecule has 6 nitrogen and oxygen atoms in total. The molecule has 4 rings (SSSR count). The predicted octanol–water partition coefficient (Wildman–Crippen LogP) is 2.49. The number of benzene rings is 2. The van der Waals surface area contributed by atoms with Gasteiger partial charge in [-0.3, -0.25) is 9.59 Å². The summed E-state index contributed by atoms with van der Waals surface area (Å²) in [7, 11) is 0. The Morgan fingerprint density at radius 3 is 2.66 bits per heavy atom. The van der Waals surface area contributed by atoms with Gasteiger partial charge in [0.15, 0.2) is 6.10 Å². The van der Waals surface area contributed by atoms with Crippen molar-refractivity contribution >= 4 is 23.6 Å². The van der Waals surface area contributed by atoms with E-state index >= 15 is 0 Å². The number of hydrogen-bond donors (Lipinski definition) is 0. The first-order chi connectivity index (χ1) is 14.1. The zero-order valence-electron chi connectivity index (χ0n) is 15.8. The molecule has 0 aromatic heterocycles. The monoisotopic (exact) mass is 396 g/mol. The number of fused-ring (bicyclic) bond motifs is 1. The first-order valence-electron chi connectivity index (χ1n) is 9.49.